The maximum Gasteiger partial charge on any atom is 0.126 e. The number of para-hydroxylation sites is 1. The number of benzene rings is 2. The molecule has 94 valence electrons. The number of rotatable bonds is 2. The van der Waals surface area contributed by atoms with Gasteiger partial charge in [0.15, 0.2) is 0 Å². The lowest BCUT2D eigenvalue weighted by Gasteiger charge is -2.00. The van der Waals surface area contributed by atoms with Gasteiger partial charge >= 0.3 is 0 Å². The highest BCUT2D eigenvalue weighted by molar-refractivity contribution is 9.10. The van der Waals surface area contributed by atoms with Gasteiger partial charge in [0.05, 0.1) is 5.69 Å². The molecular weight excluding hydrogens is 320 g/mol. The third-order valence-corrected chi connectivity index (χ3v) is 4.18. The van der Waals surface area contributed by atoms with Gasteiger partial charge in [-0.1, -0.05) is 40.2 Å². The first-order chi connectivity index (χ1) is 9.24. The van der Waals surface area contributed by atoms with Gasteiger partial charge in [-0.05, 0) is 24.3 Å². The third-order valence-electron chi connectivity index (χ3n) is 2.82. The molecule has 0 saturated heterocycles. The highest BCUT2D eigenvalue weighted by Crippen LogP contribution is 2.32. The van der Waals surface area contributed by atoms with Crippen LogP contribution in [0.25, 0.3) is 21.8 Å². The van der Waals surface area contributed by atoms with E-state index in [1.807, 2.05) is 36.4 Å². The SMILES string of the molecule is Nc1ccccc1-c1nc(-c2cccc(Br)c2)cs1. The van der Waals surface area contributed by atoms with Crippen LogP contribution in [0, 0.1) is 0 Å². The quantitative estimate of drug-likeness (QED) is 0.684. The molecule has 0 amide bonds. The van der Waals surface area contributed by atoms with E-state index >= 15 is 0 Å². The van der Waals surface area contributed by atoms with E-state index in [9.17, 15) is 0 Å². The average molecular weight is 331 g/mol. The summed E-state index contributed by atoms with van der Waals surface area (Å²) in [6.07, 6.45) is 0. The fourth-order valence-electron chi connectivity index (χ4n) is 1.87. The van der Waals surface area contributed by atoms with Crippen LogP contribution in [0.5, 0.6) is 0 Å². The summed E-state index contributed by atoms with van der Waals surface area (Å²) in [5.74, 6) is 0. The van der Waals surface area contributed by atoms with Gasteiger partial charge in [-0.15, -0.1) is 11.3 Å². The Bertz CT molecular complexity index is 721. The van der Waals surface area contributed by atoms with Crippen molar-refractivity contribution >= 4 is 33.0 Å². The lowest BCUT2D eigenvalue weighted by Crippen LogP contribution is -1.88. The van der Waals surface area contributed by atoms with Crippen LogP contribution in [0.15, 0.2) is 58.4 Å². The van der Waals surface area contributed by atoms with Gasteiger partial charge in [0, 0.05) is 26.7 Å². The van der Waals surface area contributed by atoms with Crippen LogP contribution in [0.3, 0.4) is 0 Å². The van der Waals surface area contributed by atoms with Crippen LogP contribution >= 0.6 is 27.3 Å². The number of anilines is 1. The minimum Gasteiger partial charge on any atom is -0.398 e. The molecule has 0 bridgehead atoms. The largest absolute Gasteiger partial charge is 0.398 e. The number of halogens is 1. The summed E-state index contributed by atoms with van der Waals surface area (Å²) >= 11 is 5.09. The molecule has 1 aromatic heterocycles. The van der Waals surface area contributed by atoms with E-state index < -0.39 is 0 Å². The fourth-order valence-corrected chi connectivity index (χ4v) is 3.14. The highest BCUT2D eigenvalue weighted by Gasteiger charge is 2.08. The summed E-state index contributed by atoms with van der Waals surface area (Å²) in [6.45, 7) is 0. The minimum absolute atomic E-state index is 0.762. The number of nitrogens with zero attached hydrogens (tertiary/aromatic N) is 1. The van der Waals surface area contributed by atoms with Gasteiger partial charge in [-0.3, -0.25) is 0 Å². The smallest absolute Gasteiger partial charge is 0.126 e. The second-order valence-corrected chi connectivity index (χ2v) is 5.91. The summed E-state index contributed by atoms with van der Waals surface area (Å²) < 4.78 is 1.05. The maximum atomic E-state index is 5.98. The van der Waals surface area contributed by atoms with Gasteiger partial charge in [0.25, 0.3) is 0 Å². The van der Waals surface area contributed by atoms with Crippen molar-refractivity contribution in [1.29, 1.82) is 0 Å². The van der Waals surface area contributed by atoms with Crippen molar-refractivity contribution in [1.82, 2.24) is 4.98 Å². The van der Waals surface area contributed by atoms with Crippen molar-refractivity contribution in [2.24, 2.45) is 0 Å². The Morgan fingerprint density at radius 1 is 1.05 bits per heavy atom. The highest BCUT2D eigenvalue weighted by atomic mass is 79.9. The Labute approximate surface area is 124 Å². The molecule has 0 spiro atoms. The number of nitrogen functional groups attached to an aromatic ring is 1. The summed E-state index contributed by atoms with van der Waals surface area (Å²) in [6, 6.07) is 15.9. The second kappa shape index (κ2) is 5.15. The summed E-state index contributed by atoms with van der Waals surface area (Å²) in [5.41, 5.74) is 9.82. The summed E-state index contributed by atoms with van der Waals surface area (Å²) in [5, 5.41) is 3.01. The number of nitrogens with two attached hydrogens (primary N) is 1. The van der Waals surface area contributed by atoms with Gasteiger partial charge in [-0.2, -0.15) is 0 Å². The molecule has 1 heterocycles. The van der Waals surface area contributed by atoms with Crippen LogP contribution in [0.2, 0.25) is 0 Å². The van der Waals surface area contributed by atoms with Gasteiger partial charge in [0.1, 0.15) is 5.01 Å². The predicted molar refractivity (Wildman–Crippen MR) is 85.1 cm³/mol. The lowest BCUT2D eigenvalue weighted by molar-refractivity contribution is 1.40. The topological polar surface area (TPSA) is 38.9 Å². The molecule has 3 aromatic rings. The first-order valence-corrected chi connectivity index (χ1v) is 7.47. The first kappa shape index (κ1) is 12.4. The van der Waals surface area contributed by atoms with Gasteiger partial charge in [-0.25, -0.2) is 4.98 Å². The molecule has 0 aliphatic carbocycles. The first-order valence-electron chi connectivity index (χ1n) is 5.80. The standard InChI is InChI=1S/C15H11BrN2S/c16-11-5-3-4-10(8-11)14-9-19-15(18-14)12-6-1-2-7-13(12)17/h1-9H,17H2. The van der Waals surface area contributed by atoms with Crippen molar-refractivity contribution in [3.05, 3.63) is 58.4 Å². The molecule has 2 N–H and O–H groups in total. The van der Waals surface area contributed by atoms with E-state index in [1.54, 1.807) is 11.3 Å². The predicted octanol–water partition coefficient (Wildman–Crippen LogP) is 4.82. The molecular formula is C15H11BrN2S. The van der Waals surface area contributed by atoms with Crippen molar-refractivity contribution in [2.45, 2.75) is 0 Å². The van der Waals surface area contributed by atoms with E-state index in [0.717, 1.165) is 32.0 Å². The normalized spacial score (nSPS) is 10.6. The van der Waals surface area contributed by atoms with Crippen molar-refractivity contribution in [3.8, 4) is 21.8 Å². The molecule has 2 aromatic carbocycles. The summed E-state index contributed by atoms with van der Waals surface area (Å²) in [7, 11) is 0. The average Bonchev–Trinajstić information content (AvgIpc) is 2.89. The zero-order valence-corrected chi connectivity index (χ0v) is 12.4. The molecule has 2 nitrogen and oxygen atoms in total. The van der Waals surface area contributed by atoms with E-state index in [1.165, 1.54) is 0 Å². The van der Waals surface area contributed by atoms with Crippen molar-refractivity contribution in [3.63, 3.8) is 0 Å². The van der Waals surface area contributed by atoms with Crippen LogP contribution in [0.1, 0.15) is 0 Å². The second-order valence-electron chi connectivity index (χ2n) is 4.14. The number of thiazole rings is 1. The van der Waals surface area contributed by atoms with Gasteiger partial charge < -0.3 is 5.73 Å². The van der Waals surface area contributed by atoms with E-state index in [4.69, 9.17) is 5.73 Å². The Hall–Kier alpha value is -1.65. The van der Waals surface area contributed by atoms with E-state index in [0.29, 0.717) is 0 Å². The molecule has 0 unspecified atom stereocenters. The Kier molecular flexibility index (Phi) is 3.36. The Balaban J connectivity index is 2.03. The monoisotopic (exact) mass is 330 g/mol. The molecule has 19 heavy (non-hydrogen) atoms. The minimum atomic E-state index is 0.762. The Morgan fingerprint density at radius 3 is 2.68 bits per heavy atom. The van der Waals surface area contributed by atoms with Crippen LogP contribution in [0.4, 0.5) is 5.69 Å². The maximum absolute atomic E-state index is 5.98. The lowest BCUT2D eigenvalue weighted by atomic mass is 10.1. The van der Waals surface area contributed by atoms with Crippen LogP contribution in [-0.4, -0.2) is 4.98 Å². The third kappa shape index (κ3) is 2.55. The molecule has 4 heteroatoms. The number of hydrogen-bond donors (Lipinski definition) is 1. The summed E-state index contributed by atoms with van der Waals surface area (Å²) in [4.78, 5) is 4.67. The zero-order chi connectivity index (χ0) is 13.2. The van der Waals surface area contributed by atoms with Gasteiger partial charge in [0.2, 0.25) is 0 Å². The molecule has 0 fully saturated rings. The van der Waals surface area contributed by atoms with E-state index in [-0.39, 0.29) is 0 Å². The zero-order valence-electron chi connectivity index (χ0n) is 10.0. The van der Waals surface area contributed by atoms with Crippen molar-refractivity contribution in [2.75, 3.05) is 5.73 Å². The van der Waals surface area contributed by atoms with Crippen molar-refractivity contribution < 1.29 is 0 Å². The molecule has 0 aliphatic heterocycles. The molecule has 0 saturated carbocycles. The molecule has 3 rings (SSSR count). The molecule has 0 radical (unpaired) electrons. The van der Waals surface area contributed by atoms with E-state index in [2.05, 4.69) is 38.4 Å². The fraction of sp³-hybridized carbons (Fsp3) is 0. The number of aromatic nitrogens is 1. The van der Waals surface area contributed by atoms with Crippen LogP contribution in [-0.2, 0) is 0 Å². The molecule has 0 aliphatic rings. The Morgan fingerprint density at radius 2 is 1.89 bits per heavy atom. The number of hydrogen-bond acceptors (Lipinski definition) is 3. The van der Waals surface area contributed by atoms with Crippen LogP contribution < -0.4 is 5.73 Å². The molecule has 0 atom stereocenters.